The van der Waals surface area contributed by atoms with Crippen molar-refractivity contribution in [3.8, 4) is 0 Å². The number of rotatable bonds is 3. The fraction of sp³-hybridized carbons (Fsp3) is 0.550. The second-order valence-electron chi connectivity index (χ2n) is 8.00. The smallest absolute Gasteiger partial charge is 0.270 e. The number of amides is 1. The van der Waals surface area contributed by atoms with E-state index in [0.717, 1.165) is 22.9 Å². The monoisotopic (exact) mass is 346 g/mol. The topological polar surface area (TPSA) is 56.3 Å². The third-order valence-electron chi connectivity index (χ3n) is 5.49. The summed E-state index contributed by atoms with van der Waals surface area (Å²) in [6.45, 7) is 9.06. The molecule has 3 rings (SSSR count). The second kappa shape index (κ2) is 6.45. The molecular formula is C20H27FN2O2. The van der Waals surface area contributed by atoms with E-state index in [0.29, 0.717) is 31.1 Å². The van der Waals surface area contributed by atoms with Crippen molar-refractivity contribution in [3.63, 3.8) is 0 Å². The van der Waals surface area contributed by atoms with Crippen LogP contribution in [0.25, 0.3) is 10.9 Å². The number of aromatic nitrogens is 1. The molecule has 1 fully saturated rings. The lowest BCUT2D eigenvalue weighted by Gasteiger charge is -2.43. The van der Waals surface area contributed by atoms with Crippen molar-refractivity contribution >= 4 is 16.8 Å². The van der Waals surface area contributed by atoms with Gasteiger partial charge in [-0.2, -0.15) is 0 Å². The zero-order valence-electron chi connectivity index (χ0n) is 15.4. The van der Waals surface area contributed by atoms with Crippen molar-refractivity contribution in [3.05, 3.63) is 35.3 Å². The Morgan fingerprint density at radius 1 is 1.48 bits per heavy atom. The van der Waals surface area contributed by atoms with Crippen molar-refractivity contribution in [1.29, 1.82) is 0 Å². The van der Waals surface area contributed by atoms with E-state index in [1.165, 1.54) is 12.1 Å². The van der Waals surface area contributed by atoms with Gasteiger partial charge in [-0.15, -0.1) is 0 Å². The highest BCUT2D eigenvalue weighted by molar-refractivity contribution is 6.00. The van der Waals surface area contributed by atoms with Crippen molar-refractivity contribution in [2.24, 2.45) is 11.8 Å². The van der Waals surface area contributed by atoms with Gasteiger partial charge in [0.15, 0.2) is 0 Å². The Morgan fingerprint density at radius 3 is 2.88 bits per heavy atom. The normalized spacial score (nSPS) is 24.3. The van der Waals surface area contributed by atoms with Crippen molar-refractivity contribution in [1.82, 2.24) is 9.88 Å². The predicted molar refractivity (Wildman–Crippen MR) is 97.1 cm³/mol. The minimum atomic E-state index is -0.736. The molecule has 1 amide bonds. The highest BCUT2D eigenvalue weighted by atomic mass is 19.1. The Balaban J connectivity index is 1.87. The number of fused-ring (bicyclic) bond motifs is 1. The molecule has 4 nitrogen and oxygen atoms in total. The molecule has 0 radical (unpaired) electrons. The molecule has 2 heterocycles. The first kappa shape index (κ1) is 17.9. The van der Waals surface area contributed by atoms with Crippen LogP contribution in [0.5, 0.6) is 0 Å². The molecule has 1 aliphatic rings. The van der Waals surface area contributed by atoms with Crippen LogP contribution in [0.15, 0.2) is 18.2 Å². The highest BCUT2D eigenvalue weighted by Gasteiger charge is 2.39. The number of likely N-dealkylation sites (tertiary alicyclic amines) is 1. The first-order chi connectivity index (χ1) is 11.7. The number of piperidine rings is 1. The zero-order valence-corrected chi connectivity index (χ0v) is 15.4. The third kappa shape index (κ3) is 3.43. The molecule has 0 saturated carbocycles. The summed E-state index contributed by atoms with van der Waals surface area (Å²) in [5, 5.41) is 11.4. The first-order valence-electron chi connectivity index (χ1n) is 8.98. The van der Waals surface area contributed by atoms with Crippen LogP contribution >= 0.6 is 0 Å². The summed E-state index contributed by atoms with van der Waals surface area (Å²) in [6, 6.07) is 4.51. The molecule has 1 aromatic heterocycles. The Labute approximate surface area is 148 Å². The molecule has 0 aliphatic carbocycles. The van der Waals surface area contributed by atoms with E-state index in [-0.39, 0.29) is 17.6 Å². The fourth-order valence-corrected chi connectivity index (χ4v) is 3.87. The van der Waals surface area contributed by atoms with E-state index in [1.807, 2.05) is 18.7 Å². The number of hydrogen-bond donors (Lipinski definition) is 2. The number of benzene rings is 1. The van der Waals surface area contributed by atoms with E-state index in [9.17, 15) is 14.3 Å². The van der Waals surface area contributed by atoms with Gasteiger partial charge in [0.1, 0.15) is 11.5 Å². The molecule has 5 heteroatoms. The van der Waals surface area contributed by atoms with Crippen molar-refractivity contribution in [2.45, 2.75) is 46.1 Å². The molecule has 2 N–H and O–H groups in total. The maximum atomic E-state index is 13.5. The lowest BCUT2D eigenvalue weighted by atomic mass is 9.78. The Bertz CT molecular complexity index is 794. The number of aliphatic hydroxyl groups is 1. The number of nitrogens with zero attached hydrogens (tertiary/aromatic N) is 1. The summed E-state index contributed by atoms with van der Waals surface area (Å²) in [5.74, 6) is 0.148. The fourth-order valence-electron chi connectivity index (χ4n) is 3.87. The van der Waals surface area contributed by atoms with Gasteiger partial charge in [-0.1, -0.05) is 13.8 Å². The summed E-state index contributed by atoms with van der Waals surface area (Å²) in [7, 11) is 0. The number of halogens is 1. The van der Waals surface area contributed by atoms with Crippen LogP contribution < -0.4 is 0 Å². The van der Waals surface area contributed by atoms with Crippen LogP contribution in [0.1, 0.15) is 49.7 Å². The summed E-state index contributed by atoms with van der Waals surface area (Å²) in [6.07, 6.45) is 1.46. The number of nitrogens with one attached hydrogen (secondary N) is 1. The van der Waals surface area contributed by atoms with Crippen LogP contribution in [-0.2, 0) is 0 Å². The quantitative estimate of drug-likeness (QED) is 0.886. The standard InChI is InChI=1S/C20H27FN2O2/c1-12(2)9-14-11-23(8-7-20(14,4)25)19(24)18-13(3)16-10-15(21)5-6-17(16)22-18/h5-6,10,12,14,22,25H,7-9,11H2,1-4H3/t14-,20+/m0/s1. The van der Waals surface area contributed by atoms with Crippen LogP contribution in [0.3, 0.4) is 0 Å². The van der Waals surface area contributed by atoms with Crippen LogP contribution in [0.2, 0.25) is 0 Å². The summed E-state index contributed by atoms with van der Waals surface area (Å²) in [4.78, 5) is 18.0. The third-order valence-corrected chi connectivity index (χ3v) is 5.49. The molecule has 0 unspecified atom stereocenters. The molecule has 136 valence electrons. The molecule has 2 atom stereocenters. The minimum Gasteiger partial charge on any atom is -0.390 e. The lowest BCUT2D eigenvalue weighted by Crippen LogP contribution is -2.52. The van der Waals surface area contributed by atoms with Gasteiger partial charge in [0.25, 0.3) is 5.91 Å². The Kier molecular flexibility index (Phi) is 4.62. The first-order valence-corrected chi connectivity index (χ1v) is 8.98. The van der Waals surface area contributed by atoms with Gasteiger partial charge in [0, 0.05) is 29.9 Å². The molecule has 1 aliphatic heterocycles. The number of aromatic amines is 1. The summed E-state index contributed by atoms with van der Waals surface area (Å²) in [5.41, 5.74) is 1.33. The van der Waals surface area contributed by atoms with Crippen molar-refractivity contribution in [2.75, 3.05) is 13.1 Å². The van der Waals surface area contributed by atoms with Crippen molar-refractivity contribution < 1.29 is 14.3 Å². The average molecular weight is 346 g/mol. The van der Waals surface area contributed by atoms with E-state index in [4.69, 9.17) is 0 Å². The maximum absolute atomic E-state index is 13.5. The Hall–Kier alpha value is -1.88. The number of hydrogen-bond acceptors (Lipinski definition) is 2. The number of aryl methyl sites for hydroxylation is 1. The SMILES string of the molecule is Cc1c(C(=O)N2CC[C@@](C)(O)[C@@H](CC(C)C)C2)[nH]c2ccc(F)cc12. The molecule has 1 saturated heterocycles. The number of H-pyrrole nitrogens is 1. The van der Waals surface area contributed by atoms with Gasteiger partial charge in [0.05, 0.1) is 5.60 Å². The molecule has 1 aromatic carbocycles. The second-order valence-corrected chi connectivity index (χ2v) is 8.00. The average Bonchev–Trinajstić information content (AvgIpc) is 2.85. The molecule has 2 aromatic rings. The summed E-state index contributed by atoms with van der Waals surface area (Å²) >= 11 is 0. The predicted octanol–water partition coefficient (Wildman–Crippen LogP) is 3.87. The maximum Gasteiger partial charge on any atom is 0.270 e. The minimum absolute atomic E-state index is 0.0623. The zero-order chi connectivity index (χ0) is 18.4. The van der Waals surface area contributed by atoms with Gasteiger partial charge in [-0.05, 0) is 56.4 Å². The number of carbonyl (C=O) groups excluding carboxylic acids is 1. The van der Waals surface area contributed by atoms with Gasteiger partial charge in [-0.3, -0.25) is 4.79 Å². The van der Waals surface area contributed by atoms with E-state index in [1.54, 1.807) is 6.07 Å². The van der Waals surface area contributed by atoms with Gasteiger partial charge in [0.2, 0.25) is 0 Å². The van der Waals surface area contributed by atoms with E-state index in [2.05, 4.69) is 18.8 Å². The van der Waals surface area contributed by atoms with Gasteiger partial charge < -0.3 is 15.0 Å². The summed E-state index contributed by atoms with van der Waals surface area (Å²) < 4.78 is 13.5. The lowest BCUT2D eigenvalue weighted by molar-refractivity contribution is -0.0578. The van der Waals surface area contributed by atoms with E-state index < -0.39 is 5.60 Å². The van der Waals surface area contributed by atoms with Crippen LogP contribution in [0.4, 0.5) is 4.39 Å². The van der Waals surface area contributed by atoms with E-state index >= 15 is 0 Å². The molecule has 25 heavy (non-hydrogen) atoms. The number of carbonyl (C=O) groups is 1. The molecule has 0 spiro atoms. The van der Waals surface area contributed by atoms with Crippen LogP contribution in [0, 0.1) is 24.6 Å². The molecule has 0 bridgehead atoms. The largest absolute Gasteiger partial charge is 0.390 e. The van der Waals surface area contributed by atoms with Gasteiger partial charge in [-0.25, -0.2) is 4.39 Å². The van der Waals surface area contributed by atoms with Gasteiger partial charge >= 0.3 is 0 Å². The molecular weight excluding hydrogens is 319 g/mol. The highest BCUT2D eigenvalue weighted by Crippen LogP contribution is 2.33. The Morgan fingerprint density at radius 2 is 2.20 bits per heavy atom. The van der Waals surface area contributed by atoms with Crippen LogP contribution in [-0.4, -0.2) is 39.6 Å².